The number of hydrogen-bond donors (Lipinski definition) is 2. The molecule has 1 rings (SSSR count). The molecule has 7 heteroatoms. The van der Waals surface area contributed by atoms with Gasteiger partial charge in [-0.25, -0.2) is 13.1 Å². The van der Waals surface area contributed by atoms with Gasteiger partial charge in [0.05, 0.1) is 3.79 Å². The van der Waals surface area contributed by atoms with Crippen molar-refractivity contribution in [2.24, 2.45) is 0 Å². The average Bonchev–Trinajstić information content (AvgIpc) is 2.78. The van der Waals surface area contributed by atoms with Crippen LogP contribution in [0.3, 0.4) is 0 Å². The molecule has 0 saturated carbocycles. The van der Waals surface area contributed by atoms with Crippen molar-refractivity contribution in [3.05, 3.63) is 14.7 Å². The summed E-state index contributed by atoms with van der Waals surface area (Å²) in [5.74, 6) is 0. The molecule has 122 valence electrons. The van der Waals surface area contributed by atoms with Gasteiger partial charge in [-0.05, 0) is 28.4 Å². The second-order valence-corrected chi connectivity index (χ2v) is 9.53. The number of unbranched alkanes of at least 4 members (excludes halogenated alkanes) is 3. The average molecular weight is 397 g/mol. The standard InChI is InChI=1S/C14H25BrN2O2S2/c1-4-5-6-7-8-17-21(18,19)13-9-12(20-14(13)15)10-16-11(2)3/h9,11,16-17H,4-8,10H2,1-3H3. The van der Waals surface area contributed by atoms with E-state index in [4.69, 9.17) is 0 Å². The number of halogens is 1. The van der Waals surface area contributed by atoms with E-state index in [0.717, 1.165) is 30.6 Å². The quantitative estimate of drug-likeness (QED) is 0.590. The minimum absolute atomic E-state index is 0.351. The van der Waals surface area contributed by atoms with Crippen LogP contribution in [0.1, 0.15) is 51.3 Å². The Hall–Kier alpha value is 0.0500. The molecule has 0 bridgehead atoms. The van der Waals surface area contributed by atoms with Gasteiger partial charge in [0.1, 0.15) is 4.90 Å². The maximum atomic E-state index is 12.3. The fraction of sp³-hybridized carbons (Fsp3) is 0.714. The Balaban J connectivity index is 2.61. The molecule has 0 saturated heterocycles. The summed E-state index contributed by atoms with van der Waals surface area (Å²) in [5.41, 5.74) is 0. The molecule has 0 aliphatic rings. The number of sulfonamides is 1. The first-order chi connectivity index (χ1) is 9.86. The third-order valence-electron chi connectivity index (χ3n) is 3.00. The Labute approximate surface area is 140 Å². The summed E-state index contributed by atoms with van der Waals surface area (Å²) in [6, 6.07) is 2.13. The van der Waals surface area contributed by atoms with E-state index < -0.39 is 10.0 Å². The second kappa shape index (κ2) is 9.25. The lowest BCUT2D eigenvalue weighted by Gasteiger charge is -2.06. The third-order valence-corrected chi connectivity index (χ3v) is 6.72. The molecule has 0 spiro atoms. The summed E-state index contributed by atoms with van der Waals surface area (Å²) in [5, 5.41) is 3.29. The predicted octanol–water partition coefficient (Wildman–Crippen LogP) is 3.87. The van der Waals surface area contributed by atoms with Gasteiger partial charge in [-0.2, -0.15) is 0 Å². The molecule has 4 nitrogen and oxygen atoms in total. The van der Waals surface area contributed by atoms with Crippen LogP contribution in [0.5, 0.6) is 0 Å². The molecule has 21 heavy (non-hydrogen) atoms. The van der Waals surface area contributed by atoms with Crippen molar-refractivity contribution in [1.29, 1.82) is 0 Å². The third kappa shape index (κ3) is 6.78. The Kier molecular flexibility index (Phi) is 8.41. The van der Waals surface area contributed by atoms with E-state index in [1.165, 1.54) is 11.3 Å². The first-order valence-corrected chi connectivity index (χ1v) is 10.5. The molecule has 0 aliphatic carbocycles. The maximum absolute atomic E-state index is 12.3. The second-order valence-electron chi connectivity index (χ2n) is 5.34. The Bertz CT molecular complexity index is 527. The van der Waals surface area contributed by atoms with Gasteiger partial charge < -0.3 is 5.32 Å². The van der Waals surface area contributed by atoms with Crippen LogP contribution in [0.15, 0.2) is 14.7 Å². The fourth-order valence-electron chi connectivity index (χ4n) is 1.81. The predicted molar refractivity (Wildman–Crippen MR) is 93.3 cm³/mol. The van der Waals surface area contributed by atoms with Crippen molar-refractivity contribution in [2.75, 3.05) is 6.54 Å². The number of thiophene rings is 1. The van der Waals surface area contributed by atoms with Crippen molar-refractivity contribution in [1.82, 2.24) is 10.0 Å². The van der Waals surface area contributed by atoms with Crippen molar-refractivity contribution in [2.45, 2.75) is 63.9 Å². The number of hydrogen-bond acceptors (Lipinski definition) is 4. The van der Waals surface area contributed by atoms with Crippen molar-refractivity contribution < 1.29 is 8.42 Å². The highest BCUT2D eigenvalue weighted by Crippen LogP contribution is 2.31. The Morgan fingerprint density at radius 2 is 2.00 bits per heavy atom. The lowest BCUT2D eigenvalue weighted by atomic mass is 10.2. The van der Waals surface area contributed by atoms with Crippen LogP contribution in [-0.2, 0) is 16.6 Å². The van der Waals surface area contributed by atoms with Gasteiger partial charge in [0, 0.05) is 24.0 Å². The maximum Gasteiger partial charge on any atom is 0.242 e. The van der Waals surface area contributed by atoms with Crippen LogP contribution in [-0.4, -0.2) is 21.0 Å². The first kappa shape index (κ1) is 19.1. The lowest BCUT2D eigenvalue weighted by Crippen LogP contribution is -2.24. The molecule has 1 aromatic heterocycles. The minimum atomic E-state index is -3.41. The summed E-state index contributed by atoms with van der Waals surface area (Å²) >= 11 is 4.83. The van der Waals surface area contributed by atoms with Gasteiger partial charge in [-0.1, -0.05) is 40.0 Å². The minimum Gasteiger partial charge on any atom is -0.310 e. The Morgan fingerprint density at radius 3 is 2.62 bits per heavy atom. The zero-order valence-electron chi connectivity index (χ0n) is 12.9. The molecule has 0 aromatic carbocycles. The summed E-state index contributed by atoms with van der Waals surface area (Å²) in [6.07, 6.45) is 4.24. The van der Waals surface area contributed by atoms with E-state index in [0.29, 0.717) is 27.8 Å². The molecule has 0 unspecified atom stereocenters. The van der Waals surface area contributed by atoms with E-state index >= 15 is 0 Å². The van der Waals surface area contributed by atoms with E-state index in [-0.39, 0.29) is 0 Å². The van der Waals surface area contributed by atoms with E-state index in [1.54, 1.807) is 6.07 Å². The normalized spacial score (nSPS) is 12.2. The largest absolute Gasteiger partial charge is 0.310 e. The van der Waals surface area contributed by atoms with Crippen LogP contribution >= 0.6 is 27.3 Å². The fourth-order valence-corrected chi connectivity index (χ4v) is 5.51. The van der Waals surface area contributed by atoms with Gasteiger partial charge in [0.2, 0.25) is 10.0 Å². The molecular weight excluding hydrogens is 372 g/mol. The van der Waals surface area contributed by atoms with Crippen LogP contribution in [0.25, 0.3) is 0 Å². The monoisotopic (exact) mass is 396 g/mol. The van der Waals surface area contributed by atoms with Crippen LogP contribution in [0.4, 0.5) is 0 Å². The lowest BCUT2D eigenvalue weighted by molar-refractivity contribution is 0.573. The highest BCUT2D eigenvalue weighted by molar-refractivity contribution is 9.11. The Morgan fingerprint density at radius 1 is 1.29 bits per heavy atom. The zero-order chi connectivity index (χ0) is 15.9. The van der Waals surface area contributed by atoms with Gasteiger partial charge in [0.15, 0.2) is 0 Å². The van der Waals surface area contributed by atoms with Crippen LogP contribution < -0.4 is 10.0 Å². The summed E-state index contributed by atoms with van der Waals surface area (Å²) < 4.78 is 27.9. The highest BCUT2D eigenvalue weighted by Gasteiger charge is 2.20. The highest BCUT2D eigenvalue weighted by atomic mass is 79.9. The van der Waals surface area contributed by atoms with E-state index in [9.17, 15) is 8.42 Å². The zero-order valence-corrected chi connectivity index (χ0v) is 16.1. The summed E-state index contributed by atoms with van der Waals surface area (Å²) in [7, 11) is -3.41. The molecular formula is C14H25BrN2O2S2. The molecule has 2 N–H and O–H groups in total. The molecule has 0 aliphatic heterocycles. The van der Waals surface area contributed by atoms with Crippen LogP contribution in [0.2, 0.25) is 0 Å². The molecule has 0 fully saturated rings. The SMILES string of the molecule is CCCCCCNS(=O)(=O)c1cc(CNC(C)C)sc1Br. The number of nitrogens with one attached hydrogen (secondary N) is 2. The van der Waals surface area contributed by atoms with E-state index in [2.05, 4.69) is 46.7 Å². The van der Waals surface area contributed by atoms with Gasteiger partial charge in [-0.15, -0.1) is 11.3 Å². The summed E-state index contributed by atoms with van der Waals surface area (Å²) in [6.45, 7) is 7.47. The topological polar surface area (TPSA) is 58.2 Å². The van der Waals surface area contributed by atoms with E-state index in [1.807, 2.05) is 0 Å². The molecule has 0 amide bonds. The summed E-state index contributed by atoms with van der Waals surface area (Å²) in [4.78, 5) is 1.37. The van der Waals surface area contributed by atoms with Crippen LogP contribution in [0, 0.1) is 0 Å². The van der Waals surface area contributed by atoms with Crippen molar-refractivity contribution in [3.63, 3.8) is 0 Å². The number of rotatable bonds is 10. The van der Waals surface area contributed by atoms with Crippen molar-refractivity contribution in [3.8, 4) is 0 Å². The van der Waals surface area contributed by atoms with Gasteiger partial charge in [-0.3, -0.25) is 0 Å². The smallest absolute Gasteiger partial charge is 0.242 e. The molecule has 0 atom stereocenters. The first-order valence-electron chi connectivity index (χ1n) is 7.38. The van der Waals surface area contributed by atoms with Crippen molar-refractivity contribution >= 4 is 37.3 Å². The molecule has 1 heterocycles. The van der Waals surface area contributed by atoms with Gasteiger partial charge in [0.25, 0.3) is 0 Å². The molecule has 1 aromatic rings. The van der Waals surface area contributed by atoms with Gasteiger partial charge >= 0.3 is 0 Å². The molecule has 0 radical (unpaired) electrons.